The summed E-state index contributed by atoms with van der Waals surface area (Å²) in [6.45, 7) is 3.81. The monoisotopic (exact) mass is 281 g/mol. The van der Waals surface area contributed by atoms with Crippen LogP contribution in [-0.2, 0) is 6.54 Å². The first-order valence-electron chi connectivity index (χ1n) is 7.98. The quantitative estimate of drug-likeness (QED) is 0.810. The summed E-state index contributed by atoms with van der Waals surface area (Å²) in [4.78, 5) is 0. The number of hydrogen-bond donors (Lipinski definition) is 1. The molecule has 21 heavy (non-hydrogen) atoms. The molecule has 110 valence electrons. The second-order valence-electron chi connectivity index (χ2n) is 6.47. The van der Waals surface area contributed by atoms with Crippen molar-refractivity contribution >= 4 is 11.4 Å². The molecule has 0 atom stereocenters. The number of hydrogen-bond acceptors (Lipinski definition) is 1. The second kappa shape index (κ2) is 6.31. The summed E-state index contributed by atoms with van der Waals surface area (Å²) in [7, 11) is 2.40. The Morgan fingerprint density at radius 3 is 2.10 bits per heavy atom. The van der Waals surface area contributed by atoms with Crippen molar-refractivity contribution in [1.29, 1.82) is 0 Å². The van der Waals surface area contributed by atoms with Crippen molar-refractivity contribution in [3.05, 3.63) is 60.2 Å². The zero-order valence-electron chi connectivity index (χ0n) is 12.9. The molecule has 0 aliphatic carbocycles. The SMILES string of the molecule is C[N+]1(Cc2ccc(Nc3ccccc3)cc2)CCCCC1. The van der Waals surface area contributed by atoms with E-state index in [1.165, 1.54) is 42.4 Å². The number of likely N-dealkylation sites (tertiary alicyclic amines) is 1. The molecule has 0 unspecified atom stereocenters. The third kappa shape index (κ3) is 3.85. The molecule has 1 saturated heterocycles. The summed E-state index contributed by atoms with van der Waals surface area (Å²) in [5.74, 6) is 0. The summed E-state index contributed by atoms with van der Waals surface area (Å²) in [5.41, 5.74) is 3.74. The Hall–Kier alpha value is -1.80. The molecule has 3 rings (SSSR count). The number of anilines is 2. The third-order valence-electron chi connectivity index (χ3n) is 4.48. The van der Waals surface area contributed by atoms with Crippen LogP contribution in [0.15, 0.2) is 54.6 Å². The summed E-state index contributed by atoms with van der Waals surface area (Å²) in [6.07, 6.45) is 4.17. The lowest BCUT2D eigenvalue weighted by Crippen LogP contribution is -2.46. The summed E-state index contributed by atoms with van der Waals surface area (Å²) < 4.78 is 1.20. The van der Waals surface area contributed by atoms with E-state index < -0.39 is 0 Å². The standard InChI is InChI=1S/C19H25N2/c1-21(14-6-3-7-15-21)16-17-10-12-19(13-11-17)20-18-8-4-2-5-9-18/h2,4-5,8-13,20H,3,6-7,14-16H2,1H3/q+1. The molecule has 1 aliphatic rings. The van der Waals surface area contributed by atoms with Gasteiger partial charge in [0.15, 0.2) is 0 Å². The number of nitrogens with one attached hydrogen (secondary N) is 1. The van der Waals surface area contributed by atoms with Crippen LogP contribution >= 0.6 is 0 Å². The first-order chi connectivity index (χ1) is 10.2. The van der Waals surface area contributed by atoms with Crippen LogP contribution in [0.3, 0.4) is 0 Å². The highest BCUT2D eigenvalue weighted by Gasteiger charge is 2.24. The highest BCUT2D eigenvalue weighted by molar-refractivity contribution is 5.59. The van der Waals surface area contributed by atoms with Crippen LogP contribution in [0, 0.1) is 0 Å². The van der Waals surface area contributed by atoms with E-state index in [-0.39, 0.29) is 0 Å². The van der Waals surface area contributed by atoms with E-state index in [2.05, 4.69) is 60.9 Å². The molecule has 1 aliphatic heterocycles. The van der Waals surface area contributed by atoms with E-state index in [0.29, 0.717) is 0 Å². The highest BCUT2D eigenvalue weighted by Crippen LogP contribution is 2.22. The minimum Gasteiger partial charge on any atom is -0.356 e. The molecule has 0 saturated carbocycles. The first-order valence-corrected chi connectivity index (χ1v) is 7.98. The number of rotatable bonds is 4. The van der Waals surface area contributed by atoms with Crippen molar-refractivity contribution in [2.75, 3.05) is 25.5 Å². The molecule has 0 bridgehead atoms. The van der Waals surface area contributed by atoms with Gasteiger partial charge in [-0.15, -0.1) is 0 Å². The van der Waals surface area contributed by atoms with Gasteiger partial charge in [-0.05, 0) is 43.5 Å². The van der Waals surface area contributed by atoms with Gasteiger partial charge in [-0.2, -0.15) is 0 Å². The Balaban J connectivity index is 1.64. The Morgan fingerprint density at radius 1 is 0.810 bits per heavy atom. The molecule has 2 aromatic carbocycles. The molecule has 0 amide bonds. The van der Waals surface area contributed by atoms with Gasteiger partial charge in [0.1, 0.15) is 6.54 Å². The zero-order chi connectivity index (χ0) is 14.5. The number of piperidine rings is 1. The fraction of sp³-hybridized carbons (Fsp3) is 0.368. The Labute approximate surface area is 128 Å². The Kier molecular flexibility index (Phi) is 4.26. The van der Waals surface area contributed by atoms with E-state index in [1.54, 1.807) is 0 Å². The molecule has 1 N–H and O–H groups in total. The maximum absolute atomic E-state index is 3.44. The van der Waals surface area contributed by atoms with Gasteiger partial charge >= 0.3 is 0 Å². The molecular formula is C19H25N2+. The van der Waals surface area contributed by atoms with Gasteiger partial charge in [0.25, 0.3) is 0 Å². The van der Waals surface area contributed by atoms with Crippen LogP contribution in [0.2, 0.25) is 0 Å². The van der Waals surface area contributed by atoms with E-state index >= 15 is 0 Å². The van der Waals surface area contributed by atoms with E-state index in [0.717, 1.165) is 17.9 Å². The molecule has 0 radical (unpaired) electrons. The lowest BCUT2D eigenvalue weighted by molar-refractivity contribution is -0.926. The number of para-hydroxylation sites is 1. The number of quaternary nitrogens is 1. The van der Waals surface area contributed by atoms with Crippen LogP contribution in [-0.4, -0.2) is 24.6 Å². The molecule has 2 aromatic rings. The largest absolute Gasteiger partial charge is 0.356 e. The lowest BCUT2D eigenvalue weighted by Gasteiger charge is -2.37. The van der Waals surface area contributed by atoms with E-state index in [4.69, 9.17) is 0 Å². The molecule has 1 heterocycles. The van der Waals surface area contributed by atoms with Gasteiger partial charge in [0.05, 0.1) is 20.1 Å². The van der Waals surface area contributed by atoms with Crippen LogP contribution in [0.5, 0.6) is 0 Å². The Morgan fingerprint density at radius 2 is 1.43 bits per heavy atom. The van der Waals surface area contributed by atoms with Gasteiger partial charge in [-0.3, -0.25) is 0 Å². The summed E-state index contributed by atoms with van der Waals surface area (Å²) in [5, 5.41) is 3.44. The van der Waals surface area contributed by atoms with Crippen LogP contribution in [0.25, 0.3) is 0 Å². The van der Waals surface area contributed by atoms with Crippen molar-refractivity contribution in [3.8, 4) is 0 Å². The van der Waals surface area contributed by atoms with Crippen LogP contribution in [0.4, 0.5) is 11.4 Å². The third-order valence-corrected chi connectivity index (χ3v) is 4.48. The summed E-state index contributed by atoms with van der Waals surface area (Å²) in [6, 6.07) is 19.2. The molecule has 2 nitrogen and oxygen atoms in total. The van der Waals surface area contributed by atoms with Gasteiger partial charge in [-0.25, -0.2) is 0 Å². The van der Waals surface area contributed by atoms with Crippen molar-refractivity contribution < 1.29 is 4.48 Å². The van der Waals surface area contributed by atoms with Crippen molar-refractivity contribution in [3.63, 3.8) is 0 Å². The molecule has 1 fully saturated rings. The van der Waals surface area contributed by atoms with E-state index in [1.807, 2.05) is 6.07 Å². The first kappa shape index (κ1) is 14.2. The Bertz CT molecular complexity index is 554. The smallest absolute Gasteiger partial charge is 0.104 e. The average molecular weight is 281 g/mol. The molecule has 0 spiro atoms. The van der Waals surface area contributed by atoms with Gasteiger partial charge < -0.3 is 9.80 Å². The van der Waals surface area contributed by atoms with Crippen LogP contribution in [0.1, 0.15) is 24.8 Å². The van der Waals surface area contributed by atoms with Gasteiger partial charge in [0, 0.05) is 16.9 Å². The number of nitrogens with zero attached hydrogens (tertiary/aromatic N) is 1. The molecule has 0 aromatic heterocycles. The van der Waals surface area contributed by atoms with E-state index in [9.17, 15) is 0 Å². The lowest BCUT2D eigenvalue weighted by atomic mass is 10.1. The predicted octanol–water partition coefficient (Wildman–Crippen LogP) is 4.56. The fourth-order valence-corrected chi connectivity index (χ4v) is 3.26. The summed E-state index contributed by atoms with van der Waals surface area (Å²) >= 11 is 0. The van der Waals surface area contributed by atoms with Crippen LogP contribution < -0.4 is 5.32 Å². The maximum atomic E-state index is 3.44. The van der Waals surface area contributed by atoms with Crippen molar-refractivity contribution in [1.82, 2.24) is 0 Å². The minimum atomic E-state index is 1.14. The fourth-order valence-electron chi connectivity index (χ4n) is 3.26. The molecular weight excluding hydrogens is 256 g/mol. The highest BCUT2D eigenvalue weighted by atomic mass is 15.3. The maximum Gasteiger partial charge on any atom is 0.104 e. The van der Waals surface area contributed by atoms with Crippen molar-refractivity contribution in [2.24, 2.45) is 0 Å². The topological polar surface area (TPSA) is 12.0 Å². The predicted molar refractivity (Wildman–Crippen MR) is 89.6 cm³/mol. The average Bonchev–Trinajstić information content (AvgIpc) is 2.51. The molecule has 2 heteroatoms. The normalized spacial score (nSPS) is 17.4. The zero-order valence-corrected chi connectivity index (χ0v) is 12.9. The van der Waals surface area contributed by atoms with Gasteiger partial charge in [0.2, 0.25) is 0 Å². The number of benzene rings is 2. The minimum absolute atomic E-state index is 1.14. The van der Waals surface area contributed by atoms with Gasteiger partial charge in [-0.1, -0.05) is 30.3 Å². The second-order valence-corrected chi connectivity index (χ2v) is 6.47. The van der Waals surface area contributed by atoms with Crippen molar-refractivity contribution in [2.45, 2.75) is 25.8 Å².